The van der Waals surface area contributed by atoms with Crippen LogP contribution in [-0.4, -0.2) is 83.4 Å². The fourth-order valence-corrected chi connectivity index (χ4v) is 3.98. The highest BCUT2D eigenvalue weighted by Gasteiger charge is 2.38. The lowest BCUT2D eigenvalue weighted by molar-refractivity contribution is -0.192. The molecule has 5 rings (SSSR count). The number of aliphatic carboxylic acids is 1. The van der Waals surface area contributed by atoms with Crippen molar-refractivity contribution < 1.29 is 42.1 Å². The molecule has 0 unspecified atom stereocenters. The molecular weight excluding hydrogens is 521 g/mol. The molecule has 2 aliphatic rings. The van der Waals surface area contributed by atoms with E-state index in [-0.39, 0.29) is 18.4 Å². The fraction of sp³-hybridized carbons (Fsp3) is 0.308. The molecule has 0 spiro atoms. The normalized spacial score (nSPS) is 14.9. The van der Waals surface area contributed by atoms with Gasteiger partial charge in [-0.3, -0.25) is 14.6 Å². The molecule has 1 aromatic carbocycles. The van der Waals surface area contributed by atoms with Crippen LogP contribution in [0.2, 0.25) is 0 Å². The number of halogens is 3. The molecule has 39 heavy (non-hydrogen) atoms. The second kappa shape index (κ2) is 12.0. The molecule has 2 amide bonds. The van der Waals surface area contributed by atoms with Crippen molar-refractivity contribution in [2.45, 2.75) is 12.6 Å². The number of aromatic nitrogens is 2. The molecule has 0 aliphatic carbocycles. The van der Waals surface area contributed by atoms with E-state index in [1.54, 1.807) is 11.1 Å². The minimum Gasteiger partial charge on any atom is -0.484 e. The topological polar surface area (TPSA) is 134 Å². The number of morpholine rings is 1. The number of fused-ring (bicyclic) bond motifs is 1. The van der Waals surface area contributed by atoms with Crippen LogP contribution in [0, 0.1) is 0 Å². The third-order valence-electron chi connectivity index (χ3n) is 5.99. The Labute approximate surface area is 220 Å². The van der Waals surface area contributed by atoms with Gasteiger partial charge < -0.3 is 29.8 Å². The van der Waals surface area contributed by atoms with Gasteiger partial charge in [-0.15, -0.1) is 0 Å². The number of ether oxygens (including phenoxy) is 2. The fourth-order valence-electron chi connectivity index (χ4n) is 3.98. The second-order valence-corrected chi connectivity index (χ2v) is 8.62. The molecule has 1 fully saturated rings. The number of nitrogens with zero attached hydrogens (tertiary/aromatic N) is 2. The van der Waals surface area contributed by atoms with Gasteiger partial charge in [-0.05, 0) is 42.5 Å². The van der Waals surface area contributed by atoms with E-state index in [0.717, 1.165) is 34.6 Å². The van der Waals surface area contributed by atoms with Gasteiger partial charge in [0, 0.05) is 54.8 Å². The monoisotopic (exact) mass is 546 g/mol. The van der Waals surface area contributed by atoms with Crippen LogP contribution < -0.4 is 10.1 Å². The molecular formula is C26H25F3N4O6. The van der Waals surface area contributed by atoms with Gasteiger partial charge in [0.25, 0.3) is 11.8 Å². The standard InChI is InChI=1S/C24H24N4O4.C2HF3O2/c29-23(28-9-11-31-12-10-28)15-32-18-3-1-16(2-4-18)21-13-17(5-7-25-21)22-14-19-20(27-22)6-8-26-24(19)30;3-2(4,5)1(6)7/h1-5,7,13-14,27H,6,8-12,15H2,(H,26,30);(H,6,7). The van der Waals surface area contributed by atoms with Crippen LogP contribution in [0.25, 0.3) is 22.5 Å². The lowest BCUT2D eigenvalue weighted by Gasteiger charge is -2.26. The van der Waals surface area contributed by atoms with Crippen LogP contribution in [0.15, 0.2) is 48.7 Å². The molecule has 3 N–H and O–H groups in total. The highest BCUT2D eigenvalue weighted by atomic mass is 19.4. The summed E-state index contributed by atoms with van der Waals surface area (Å²) >= 11 is 0. The zero-order valence-corrected chi connectivity index (χ0v) is 20.6. The zero-order valence-electron chi connectivity index (χ0n) is 20.6. The van der Waals surface area contributed by atoms with Crippen LogP contribution in [-0.2, 0) is 20.7 Å². The Balaban J connectivity index is 0.000000448. The minimum atomic E-state index is -5.08. The number of H-pyrrole nitrogens is 1. The average Bonchev–Trinajstić information content (AvgIpc) is 3.38. The number of alkyl halides is 3. The largest absolute Gasteiger partial charge is 0.490 e. The molecule has 13 heteroatoms. The molecule has 3 aromatic rings. The number of carbonyl (C=O) groups is 3. The SMILES string of the molecule is O=C(O)C(F)(F)F.O=C1NCCc2[nH]c(-c3ccnc(-c4ccc(OCC(=O)N5CCOCC5)cc4)c3)cc21. The molecule has 2 aliphatic heterocycles. The molecule has 0 bridgehead atoms. The second-order valence-electron chi connectivity index (χ2n) is 8.62. The van der Waals surface area contributed by atoms with Gasteiger partial charge in [0.2, 0.25) is 0 Å². The summed E-state index contributed by atoms with van der Waals surface area (Å²) in [5.74, 6) is -2.19. The number of benzene rings is 1. The Bertz CT molecular complexity index is 1330. The summed E-state index contributed by atoms with van der Waals surface area (Å²) in [6.45, 7) is 3.03. The number of amides is 2. The van der Waals surface area contributed by atoms with Crippen molar-refractivity contribution in [3.63, 3.8) is 0 Å². The summed E-state index contributed by atoms with van der Waals surface area (Å²) in [4.78, 5) is 42.8. The number of pyridine rings is 1. The molecule has 10 nitrogen and oxygen atoms in total. The number of aromatic amines is 1. The highest BCUT2D eigenvalue weighted by Crippen LogP contribution is 2.28. The molecule has 1 saturated heterocycles. The molecule has 0 radical (unpaired) electrons. The van der Waals surface area contributed by atoms with Crippen LogP contribution in [0.3, 0.4) is 0 Å². The van der Waals surface area contributed by atoms with Gasteiger partial charge in [-0.25, -0.2) is 4.79 Å². The number of nitrogens with one attached hydrogen (secondary N) is 2. The summed E-state index contributed by atoms with van der Waals surface area (Å²) in [7, 11) is 0. The van der Waals surface area contributed by atoms with E-state index in [0.29, 0.717) is 44.2 Å². The maximum Gasteiger partial charge on any atom is 0.490 e. The van der Waals surface area contributed by atoms with Crippen LogP contribution >= 0.6 is 0 Å². The number of hydrogen-bond donors (Lipinski definition) is 3. The number of carboxylic acids is 1. The quantitative estimate of drug-likeness (QED) is 0.448. The first-order valence-electron chi connectivity index (χ1n) is 12.0. The lowest BCUT2D eigenvalue weighted by Crippen LogP contribution is -2.42. The first-order valence-corrected chi connectivity index (χ1v) is 12.0. The van der Waals surface area contributed by atoms with Crippen LogP contribution in [0.5, 0.6) is 5.75 Å². The van der Waals surface area contributed by atoms with Gasteiger partial charge >= 0.3 is 12.1 Å². The Hall–Kier alpha value is -4.39. The Morgan fingerprint density at radius 3 is 2.41 bits per heavy atom. The molecule has 206 valence electrons. The number of hydrogen-bond acceptors (Lipinski definition) is 6. The number of carboxylic acid groups (broad SMARTS) is 1. The predicted octanol–water partition coefficient (Wildman–Crippen LogP) is 2.90. The predicted molar refractivity (Wildman–Crippen MR) is 132 cm³/mol. The molecule has 0 saturated carbocycles. The third kappa shape index (κ3) is 7.13. The van der Waals surface area contributed by atoms with Crippen molar-refractivity contribution in [2.75, 3.05) is 39.5 Å². The summed E-state index contributed by atoms with van der Waals surface area (Å²) in [6, 6.07) is 13.3. The summed E-state index contributed by atoms with van der Waals surface area (Å²) < 4.78 is 42.7. The van der Waals surface area contributed by atoms with Gasteiger partial charge in [0.1, 0.15) is 5.75 Å². The summed E-state index contributed by atoms with van der Waals surface area (Å²) in [5, 5.41) is 9.99. The molecule has 4 heterocycles. The van der Waals surface area contributed by atoms with E-state index in [9.17, 15) is 22.8 Å². The van der Waals surface area contributed by atoms with Crippen molar-refractivity contribution in [1.29, 1.82) is 0 Å². The maximum atomic E-state index is 12.2. The Morgan fingerprint density at radius 1 is 1.08 bits per heavy atom. The van der Waals surface area contributed by atoms with Crippen molar-refractivity contribution in [1.82, 2.24) is 20.2 Å². The molecule has 0 atom stereocenters. The molecule has 2 aromatic heterocycles. The van der Waals surface area contributed by atoms with E-state index in [1.807, 2.05) is 42.5 Å². The number of rotatable bonds is 5. The average molecular weight is 547 g/mol. The lowest BCUT2D eigenvalue weighted by atomic mass is 10.1. The van der Waals surface area contributed by atoms with Crippen molar-refractivity contribution in [3.05, 3.63) is 59.9 Å². The van der Waals surface area contributed by atoms with Crippen LogP contribution in [0.1, 0.15) is 16.1 Å². The third-order valence-corrected chi connectivity index (χ3v) is 5.99. The van der Waals surface area contributed by atoms with Gasteiger partial charge in [0.05, 0.1) is 24.5 Å². The van der Waals surface area contributed by atoms with Crippen molar-refractivity contribution in [3.8, 4) is 28.3 Å². The van der Waals surface area contributed by atoms with E-state index in [1.165, 1.54) is 0 Å². The smallest absolute Gasteiger partial charge is 0.484 e. The highest BCUT2D eigenvalue weighted by molar-refractivity contribution is 5.97. The summed E-state index contributed by atoms with van der Waals surface area (Å²) in [5.41, 5.74) is 5.29. The van der Waals surface area contributed by atoms with Gasteiger partial charge in [0.15, 0.2) is 6.61 Å². The Morgan fingerprint density at radius 2 is 1.77 bits per heavy atom. The Kier molecular flexibility index (Phi) is 8.49. The maximum absolute atomic E-state index is 12.2. The van der Waals surface area contributed by atoms with Crippen molar-refractivity contribution in [2.24, 2.45) is 0 Å². The van der Waals surface area contributed by atoms with E-state index >= 15 is 0 Å². The van der Waals surface area contributed by atoms with Crippen molar-refractivity contribution >= 4 is 17.8 Å². The van der Waals surface area contributed by atoms with Gasteiger partial charge in [-0.2, -0.15) is 13.2 Å². The van der Waals surface area contributed by atoms with E-state index in [4.69, 9.17) is 19.4 Å². The first kappa shape index (κ1) is 27.6. The van der Waals surface area contributed by atoms with Gasteiger partial charge in [-0.1, -0.05) is 0 Å². The van der Waals surface area contributed by atoms with E-state index in [2.05, 4.69) is 15.3 Å². The zero-order chi connectivity index (χ0) is 28.0. The first-order chi connectivity index (χ1) is 18.6. The summed E-state index contributed by atoms with van der Waals surface area (Å²) in [6.07, 6.45) is -2.52. The van der Waals surface area contributed by atoms with E-state index < -0.39 is 12.1 Å². The minimum absolute atomic E-state index is 0.0121. The number of carbonyl (C=O) groups excluding carboxylic acids is 2. The van der Waals surface area contributed by atoms with Crippen LogP contribution in [0.4, 0.5) is 13.2 Å².